The van der Waals surface area contributed by atoms with Crippen molar-refractivity contribution in [2.75, 3.05) is 26.2 Å². The number of sulfonamides is 1. The normalized spacial score (nSPS) is 15.1. The second kappa shape index (κ2) is 9.06. The highest BCUT2D eigenvalue weighted by molar-refractivity contribution is 7.89. The highest BCUT2D eigenvalue weighted by Crippen LogP contribution is 2.25. The lowest BCUT2D eigenvalue weighted by Crippen LogP contribution is -2.50. The van der Waals surface area contributed by atoms with Crippen LogP contribution in [-0.2, 0) is 21.2 Å². The molecule has 0 spiro atoms. The Balaban J connectivity index is 1.63. The summed E-state index contributed by atoms with van der Waals surface area (Å²) in [6.07, 6.45) is 0.00489. The minimum Gasteiger partial charge on any atom is -0.340 e. The molecule has 31 heavy (non-hydrogen) atoms. The lowest BCUT2D eigenvalue weighted by Gasteiger charge is -2.34. The topological polar surface area (TPSA) is 101 Å². The van der Waals surface area contributed by atoms with Gasteiger partial charge in [0.15, 0.2) is 0 Å². The molecule has 0 bridgehead atoms. The van der Waals surface area contributed by atoms with Crippen molar-refractivity contribution in [1.82, 2.24) is 9.21 Å². The molecule has 11 heteroatoms. The number of rotatable bonds is 6. The Morgan fingerprint density at radius 3 is 2.42 bits per heavy atom. The first kappa shape index (κ1) is 22.8. The van der Waals surface area contributed by atoms with Gasteiger partial charge in [-0.2, -0.15) is 4.31 Å². The van der Waals surface area contributed by atoms with Crippen LogP contribution in [0.4, 0.5) is 14.5 Å². The Kier molecular flexibility index (Phi) is 6.65. The number of carbonyl (C=O) groups excluding carboxylic acids is 1. The van der Waals surface area contributed by atoms with Crippen LogP contribution in [0.3, 0.4) is 0 Å². The molecule has 8 nitrogen and oxygen atoms in total. The molecule has 0 unspecified atom stereocenters. The predicted octanol–water partition coefficient (Wildman–Crippen LogP) is 2.65. The number of non-ortho nitro benzene ring substituents is 1. The van der Waals surface area contributed by atoms with Gasteiger partial charge in [-0.25, -0.2) is 17.2 Å². The van der Waals surface area contributed by atoms with Gasteiger partial charge < -0.3 is 4.90 Å². The lowest BCUT2D eigenvalue weighted by atomic mass is 10.1. The maximum atomic E-state index is 13.7. The van der Waals surface area contributed by atoms with Crippen molar-refractivity contribution in [2.45, 2.75) is 24.7 Å². The quantitative estimate of drug-likeness (QED) is 0.494. The molecule has 0 aliphatic carbocycles. The molecule has 1 aliphatic rings. The number of nitro benzene ring substituents is 1. The molecule has 0 aromatic heterocycles. The predicted molar refractivity (Wildman–Crippen MR) is 108 cm³/mol. The fourth-order valence-corrected chi connectivity index (χ4v) is 5.10. The Bertz CT molecular complexity index is 1120. The summed E-state index contributed by atoms with van der Waals surface area (Å²) in [5.41, 5.74) is 0.180. The number of nitrogens with zero attached hydrogens (tertiary/aromatic N) is 3. The van der Waals surface area contributed by atoms with Gasteiger partial charge in [-0.15, -0.1) is 0 Å². The second-order valence-corrected chi connectivity index (χ2v) is 9.13. The summed E-state index contributed by atoms with van der Waals surface area (Å²) in [4.78, 5) is 24.1. The maximum absolute atomic E-state index is 13.7. The van der Waals surface area contributed by atoms with Crippen molar-refractivity contribution < 1.29 is 26.9 Å². The van der Waals surface area contributed by atoms with E-state index in [-0.39, 0.29) is 61.1 Å². The van der Waals surface area contributed by atoms with Gasteiger partial charge in [-0.3, -0.25) is 14.9 Å². The average molecular weight is 453 g/mol. The van der Waals surface area contributed by atoms with Crippen LogP contribution >= 0.6 is 0 Å². The van der Waals surface area contributed by atoms with E-state index < -0.39 is 26.6 Å². The van der Waals surface area contributed by atoms with Gasteiger partial charge >= 0.3 is 0 Å². The Morgan fingerprint density at radius 1 is 1.10 bits per heavy atom. The maximum Gasteiger partial charge on any atom is 0.270 e. The van der Waals surface area contributed by atoms with E-state index in [0.29, 0.717) is 5.56 Å². The van der Waals surface area contributed by atoms with Gasteiger partial charge in [0.05, 0.1) is 9.82 Å². The molecule has 0 radical (unpaired) electrons. The van der Waals surface area contributed by atoms with E-state index in [1.807, 2.05) is 0 Å². The van der Waals surface area contributed by atoms with E-state index in [0.717, 1.165) is 24.3 Å². The zero-order valence-electron chi connectivity index (χ0n) is 16.8. The molecule has 2 aromatic carbocycles. The minimum absolute atomic E-state index is 0.0306. The van der Waals surface area contributed by atoms with Crippen LogP contribution in [0, 0.1) is 28.7 Å². The highest BCUT2D eigenvalue weighted by Gasteiger charge is 2.32. The van der Waals surface area contributed by atoms with Crippen LogP contribution in [0.15, 0.2) is 41.3 Å². The highest BCUT2D eigenvalue weighted by atomic mass is 32.2. The van der Waals surface area contributed by atoms with E-state index in [2.05, 4.69) is 0 Å². The van der Waals surface area contributed by atoms with Gasteiger partial charge in [0.2, 0.25) is 15.9 Å². The van der Waals surface area contributed by atoms with Crippen LogP contribution in [0.1, 0.15) is 17.5 Å². The van der Waals surface area contributed by atoms with Crippen molar-refractivity contribution in [3.8, 4) is 0 Å². The first-order chi connectivity index (χ1) is 14.6. The smallest absolute Gasteiger partial charge is 0.270 e. The molecule has 3 rings (SSSR count). The van der Waals surface area contributed by atoms with E-state index in [1.54, 1.807) is 6.92 Å². The second-order valence-electron chi connectivity index (χ2n) is 7.23. The van der Waals surface area contributed by atoms with Crippen LogP contribution in [0.25, 0.3) is 0 Å². The molecule has 0 saturated carbocycles. The number of halogens is 2. The molecule has 2 aromatic rings. The third kappa shape index (κ3) is 5.05. The van der Waals surface area contributed by atoms with Gasteiger partial charge in [0.25, 0.3) is 5.69 Å². The number of carbonyl (C=O) groups is 1. The summed E-state index contributed by atoms with van der Waals surface area (Å²) in [6.45, 7) is 1.90. The van der Waals surface area contributed by atoms with Crippen molar-refractivity contribution >= 4 is 21.6 Å². The lowest BCUT2D eigenvalue weighted by molar-refractivity contribution is -0.385. The Morgan fingerprint density at radius 2 is 1.77 bits per heavy atom. The molecule has 0 N–H and O–H groups in total. The first-order valence-electron chi connectivity index (χ1n) is 9.56. The van der Waals surface area contributed by atoms with Crippen LogP contribution < -0.4 is 0 Å². The first-order valence-corrected chi connectivity index (χ1v) is 11.0. The molecule has 1 amide bonds. The Hall–Kier alpha value is -2.92. The molecule has 1 fully saturated rings. The molecule has 166 valence electrons. The zero-order chi connectivity index (χ0) is 22.8. The van der Waals surface area contributed by atoms with Gasteiger partial charge in [-0.1, -0.05) is 6.07 Å². The number of benzene rings is 2. The van der Waals surface area contributed by atoms with Crippen molar-refractivity contribution in [1.29, 1.82) is 0 Å². The van der Waals surface area contributed by atoms with Gasteiger partial charge in [0, 0.05) is 44.7 Å². The zero-order valence-corrected chi connectivity index (χ0v) is 17.6. The van der Waals surface area contributed by atoms with Gasteiger partial charge in [0.1, 0.15) is 11.6 Å². The molecule has 1 aliphatic heterocycles. The largest absolute Gasteiger partial charge is 0.340 e. The number of piperazine rings is 1. The average Bonchev–Trinajstić information content (AvgIpc) is 2.74. The third-order valence-electron chi connectivity index (χ3n) is 5.21. The number of amides is 1. The number of hydrogen-bond acceptors (Lipinski definition) is 5. The third-order valence-corrected chi connectivity index (χ3v) is 7.25. The molecular weight excluding hydrogens is 432 g/mol. The fourth-order valence-electron chi connectivity index (χ4n) is 3.43. The molecular formula is C20H21F2N3O5S. The Labute approximate surface area is 178 Å². The van der Waals surface area contributed by atoms with Crippen LogP contribution in [0.2, 0.25) is 0 Å². The molecule has 1 heterocycles. The van der Waals surface area contributed by atoms with Gasteiger partial charge in [-0.05, 0) is 42.7 Å². The van der Waals surface area contributed by atoms with Crippen molar-refractivity contribution in [3.63, 3.8) is 0 Å². The number of nitro groups is 1. The standard InChI is InChI=1S/C20H21F2N3O5S/c1-14-2-5-17(25(27)28)13-19(14)31(29,30)24-10-8-23(9-11-24)20(26)7-3-15-12-16(21)4-6-18(15)22/h2,4-6,12-13H,3,7-11H2,1H3. The van der Waals surface area contributed by atoms with E-state index in [4.69, 9.17) is 0 Å². The fraction of sp³-hybridized carbons (Fsp3) is 0.350. The van der Waals surface area contributed by atoms with E-state index in [9.17, 15) is 32.1 Å². The summed E-state index contributed by atoms with van der Waals surface area (Å²) < 4.78 is 54.1. The summed E-state index contributed by atoms with van der Waals surface area (Å²) in [5, 5.41) is 11.0. The minimum atomic E-state index is -3.96. The van der Waals surface area contributed by atoms with E-state index in [1.165, 1.54) is 21.3 Å². The summed E-state index contributed by atoms with van der Waals surface area (Å²) >= 11 is 0. The van der Waals surface area contributed by atoms with E-state index >= 15 is 0 Å². The van der Waals surface area contributed by atoms with Crippen LogP contribution in [0.5, 0.6) is 0 Å². The van der Waals surface area contributed by atoms with Crippen LogP contribution in [-0.4, -0.2) is 54.6 Å². The summed E-state index contributed by atoms with van der Waals surface area (Å²) in [5.74, 6) is -1.45. The summed E-state index contributed by atoms with van der Waals surface area (Å²) in [7, 11) is -3.96. The number of hydrogen-bond donors (Lipinski definition) is 0. The van der Waals surface area contributed by atoms with Crippen molar-refractivity contribution in [3.05, 3.63) is 69.3 Å². The van der Waals surface area contributed by atoms with Crippen molar-refractivity contribution in [2.24, 2.45) is 0 Å². The molecule has 1 saturated heterocycles. The monoisotopic (exact) mass is 453 g/mol. The molecule has 0 atom stereocenters. The number of aryl methyl sites for hydroxylation is 2. The SMILES string of the molecule is Cc1ccc([N+](=O)[O-])cc1S(=O)(=O)N1CCN(C(=O)CCc2cc(F)ccc2F)CC1. The summed E-state index contributed by atoms with van der Waals surface area (Å²) in [6, 6.07) is 6.73.